The van der Waals surface area contributed by atoms with Crippen molar-refractivity contribution in [2.45, 2.75) is 20.4 Å². The van der Waals surface area contributed by atoms with Crippen molar-refractivity contribution >= 4 is 18.8 Å². The van der Waals surface area contributed by atoms with Gasteiger partial charge in [-0.1, -0.05) is 60.7 Å². The van der Waals surface area contributed by atoms with Gasteiger partial charge >= 0.3 is 0 Å². The van der Waals surface area contributed by atoms with Crippen molar-refractivity contribution in [3.8, 4) is 0 Å². The highest BCUT2D eigenvalue weighted by Crippen LogP contribution is 2.34. The second kappa shape index (κ2) is 7.54. The Hall–Kier alpha value is -1.96. The smallest absolute Gasteiger partial charge is 0.0918 e. The van der Waals surface area contributed by atoms with Crippen LogP contribution >= 0.6 is 8.15 Å². The highest BCUT2D eigenvalue weighted by Gasteiger charge is 2.14. The molecule has 23 heavy (non-hydrogen) atoms. The Morgan fingerprint density at radius 3 is 1.96 bits per heavy atom. The van der Waals surface area contributed by atoms with Crippen LogP contribution in [0.3, 0.4) is 0 Å². The SMILES string of the molecule is Cc1cc(C)n(CCOP(c2ccccc2)c2ccccc2)n1. The Kier molecular flexibility index (Phi) is 5.22. The molecule has 0 aliphatic rings. The Morgan fingerprint density at radius 2 is 1.48 bits per heavy atom. The molecule has 0 spiro atoms. The molecule has 0 radical (unpaired) electrons. The molecular weight excluding hydrogens is 303 g/mol. The lowest BCUT2D eigenvalue weighted by atomic mass is 10.4. The molecule has 0 aliphatic carbocycles. The third-order valence-electron chi connectivity index (χ3n) is 3.61. The van der Waals surface area contributed by atoms with Crippen molar-refractivity contribution in [3.63, 3.8) is 0 Å². The van der Waals surface area contributed by atoms with E-state index in [0.29, 0.717) is 6.61 Å². The highest BCUT2D eigenvalue weighted by atomic mass is 31.1. The topological polar surface area (TPSA) is 27.1 Å². The van der Waals surface area contributed by atoms with Gasteiger partial charge in [-0.15, -0.1) is 0 Å². The van der Waals surface area contributed by atoms with Crippen LogP contribution in [0.2, 0.25) is 0 Å². The van der Waals surface area contributed by atoms with E-state index in [1.54, 1.807) is 0 Å². The predicted molar refractivity (Wildman–Crippen MR) is 96.7 cm³/mol. The molecule has 118 valence electrons. The van der Waals surface area contributed by atoms with Gasteiger partial charge in [-0.2, -0.15) is 5.10 Å². The van der Waals surface area contributed by atoms with E-state index >= 15 is 0 Å². The molecule has 0 bridgehead atoms. The van der Waals surface area contributed by atoms with Gasteiger partial charge in [0.05, 0.1) is 27.0 Å². The minimum Gasteiger partial charge on any atom is -0.348 e. The van der Waals surface area contributed by atoms with E-state index in [9.17, 15) is 0 Å². The van der Waals surface area contributed by atoms with E-state index in [1.165, 1.54) is 16.3 Å². The first-order valence-electron chi connectivity index (χ1n) is 7.78. The van der Waals surface area contributed by atoms with E-state index < -0.39 is 8.15 Å². The van der Waals surface area contributed by atoms with Crippen LogP contribution in [-0.4, -0.2) is 16.4 Å². The molecule has 3 aromatic rings. The molecule has 4 heteroatoms. The summed E-state index contributed by atoms with van der Waals surface area (Å²) in [6.45, 7) is 5.53. The lowest BCUT2D eigenvalue weighted by molar-refractivity contribution is 0.325. The molecule has 1 aromatic heterocycles. The summed E-state index contributed by atoms with van der Waals surface area (Å²) in [7, 11) is -0.791. The number of hydrogen-bond donors (Lipinski definition) is 0. The molecule has 0 amide bonds. The zero-order chi connectivity index (χ0) is 16.1. The van der Waals surface area contributed by atoms with Crippen LogP contribution < -0.4 is 10.6 Å². The molecule has 2 aromatic carbocycles. The summed E-state index contributed by atoms with van der Waals surface area (Å²) >= 11 is 0. The summed E-state index contributed by atoms with van der Waals surface area (Å²) in [4.78, 5) is 0. The molecule has 0 saturated heterocycles. The van der Waals surface area contributed by atoms with Gasteiger partial charge in [0.2, 0.25) is 0 Å². The van der Waals surface area contributed by atoms with Crippen LogP contribution in [0.4, 0.5) is 0 Å². The van der Waals surface area contributed by atoms with Gasteiger partial charge in [-0.05, 0) is 19.9 Å². The third-order valence-corrected chi connectivity index (χ3v) is 5.58. The predicted octanol–water partition coefficient (Wildman–Crippen LogP) is 3.56. The summed E-state index contributed by atoms with van der Waals surface area (Å²) in [5.74, 6) is 0. The molecule has 3 rings (SSSR count). The molecule has 0 saturated carbocycles. The standard InChI is InChI=1S/C19H21N2OP/c1-16-15-17(2)21(20-16)13-14-22-23(18-9-5-3-6-10-18)19-11-7-4-8-12-19/h3-12,15H,13-14H2,1-2H3. The fraction of sp³-hybridized carbons (Fsp3) is 0.211. The second-order valence-corrected chi connectivity index (χ2v) is 7.33. The Labute approximate surface area is 138 Å². The van der Waals surface area contributed by atoms with Crippen molar-refractivity contribution in [3.05, 3.63) is 78.1 Å². The molecule has 0 unspecified atom stereocenters. The average Bonchev–Trinajstić information content (AvgIpc) is 2.91. The van der Waals surface area contributed by atoms with Crippen LogP contribution in [0, 0.1) is 13.8 Å². The largest absolute Gasteiger partial charge is 0.348 e. The number of aromatic nitrogens is 2. The molecule has 0 aliphatic heterocycles. The first kappa shape index (κ1) is 15.9. The van der Waals surface area contributed by atoms with Crippen LogP contribution in [0.5, 0.6) is 0 Å². The number of nitrogens with zero attached hydrogens (tertiary/aromatic N) is 2. The van der Waals surface area contributed by atoms with Crippen molar-refractivity contribution in [1.29, 1.82) is 0 Å². The second-order valence-electron chi connectivity index (χ2n) is 5.45. The van der Waals surface area contributed by atoms with Gasteiger partial charge in [0.25, 0.3) is 0 Å². The quantitative estimate of drug-likeness (QED) is 0.648. The molecule has 0 fully saturated rings. The van der Waals surface area contributed by atoms with Crippen molar-refractivity contribution < 1.29 is 4.52 Å². The number of hydrogen-bond acceptors (Lipinski definition) is 2. The maximum absolute atomic E-state index is 6.29. The van der Waals surface area contributed by atoms with Crippen molar-refractivity contribution in [1.82, 2.24) is 9.78 Å². The number of benzene rings is 2. The molecular formula is C19H21N2OP. The summed E-state index contributed by atoms with van der Waals surface area (Å²) in [6, 6.07) is 23.0. The maximum atomic E-state index is 6.29. The minimum absolute atomic E-state index is 0.650. The van der Waals surface area contributed by atoms with Crippen LogP contribution in [-0.2, 0) is 11.1 Å². The average molecular weight is 324 g/mol. The van der Waals surface area contributed by atoms with E-state index in [1.807, 2.05) is 23.7 Å². The lowest BCUT2D eigenvalue weighted by Gasteiger charge is -2.18. The van der Waals surface area contributed by atoms with E-state index in [2.05, 4.69) is 66.6 Å². The lowest BCUT2D eigenvalue weighted by Crippen LogP contribution is -2.16. The van der Waals surface area contributed by atoms with Gasteiger partial charge in [0.1, 0.15) is 0 Å². The van der Waals surface area contributed by atoms with Crippen molar-refractivity contribution in [2.24, 2.45) is 0 Å². The van der Waals surface area contributed by atoms with Gasteiger partial charge < -0.3 is 4.52 Å². The van der Waals surface area contributed by atoms with Crippen LogP contribution in [0.1, 0.15) is 11.4 Å². The summed E-state index contributed by atoms with van der Waals surface area (Å²) < 4.78 is 8.30. The number of rotatable bonds is 6. The normalized spacial score (nSPS) is 11.1. The summed E-state index contributed by atoms with van der Waals surface area (Å²) in [5.41, 5.74) is 2.23. The maximum Gasteiger partial charge on any atom is 0.0918 e. The van der Waals surface area contributed by atoms with Gasteiger partial charge in [-0.3, -0.25) is 4.68 Å². The van der Waals surface area contributed by atoms with E-state index in [4.69, 9.17) is 4.52 Å². The van der Waals surface area contributed by atoms with Gasteiger partial charge in [0, 0.05) is 16.3 Å². The van der Waals surface area contributed by atoms with Crippen LogP contribution in [0.15, 0.2) is 66.7 Å². The number of aryl methyl sites for hydroxylation is 2. The fourth-order valence-corrected chi connectivity index (χ4v) is 4.29. The minimum atomic E-state index is -0.791. The molecule has 1 heterocycles. The summed E-state index contributed by atoms with van der Waals surface area (Å²) in [6.07, 6.45) is 0. The van der Waals surface area contributed by atoms with Gasteiger partial charge in [-0.25, -0.2) is 0 Å². The molecule has 0 atom stereocenters. The zero-order valence-corrected chi connectivity index (χ0v) is 14.4. The fourth-order valence-electron chi connectivity index (χ4n) is 2.54. The summed E-state index contributed by atoms with van der Waals surface area (Å²) in [5, 5.41) is 6.97. The monoisotopic (exact) mass is 324 g/mol. The Bertz CT molecular complexity index is 701. The third kappa shape index (κ3) is 4.07. The highest BCUT2D eigenvalue weighted by molar-refractivity contribution is 7.68. The first-order valence-corrected chi connectivity index (χ1v) is 9.04. The van der Waals surface area contributed by atoms with Crippen molar-refractivity contribution in [2.75, 3.05) is 6.61 Å². The Morgan fingerprint density at radius 1 is 0.913 bits per heavy atom. The van der Waals surface area contributed by atoms with E-state index in [-0.39, 0.29) is 0 Å². The molecule has 3 nitrogen and oxygen atoms in total. The zero-order valence-electron chi connectivity index (χ0n) is 13.5. The molecule has 0 N–H and O–H groups in total. The Balaban J connectivity index is 1.73. The first-order chi connectivity index (χ1) is 11.2. The van der Waals surface area contributed by atoms with Crippen LogP contribution in [0.25, 0.3) is 0 Å². The van der Waals surface area contributed by atoms with Gasteiger partial charge in [0.15, 0.2) is 0 Å². The van der Waals surface area contributed by atoms with E-state index in [0.717, 1.165) is 12.2 Å².